The molecule has 4 fully saturated rings. The second-order valence-corrected chi connectivity index (χ2v) is 27.2. The summed E-state index contributed by atoms with van der Waals surface area (Å²) in [4.78, 5) is 45.9. The van der Waals surface area contributed by atoms with Crippen LogP contribution in [0.5, 0.6) is 0 Å². The molecule has 20 nitrogen and oxygen atoms in total. The Morgan fingerprint density at radius 2 is 1.14 bits per heavy atom. The van der Waals surface area contributed by atoms with Crippen LogP contribution < -0.4 is 56.1 Å². The van der Waals surface area contributed by atoms with Gasteiger partial charge in [0.2, 0.25) is 6.49 Å². The fourth-order valence-electron chi connectivity index (χ4n) is 10.1. The van der Waals surface area contributed by atoms with Crippen LogP contribution in [0.1, 0.15) is 92.8 Å². The van der Waals surface area contributed by atoms with Crippen molar-refractivity contribution in [2.24, 2.45) is 28.2 Å². The van der Waals surface area contributed by atoms with Gasteiger partial charge in [-0.1, -0.05) is 86.5 Å². The molecule has 0 saturated heterocycles. The van der Waals surface area contributed by atoms with Gasteiger partial charge in [-0.15, -0.1) is 12.4 Å². The van der Waals surface area contributed by atoms with Crippen LogP contribution in [-0.4, -0.2) is 106 Å². The smallest absolute Gasteiger partial charge is 0.870 e. The van der Waals surface area contributed by atoms with E-state index in [1.54, 1.807) is 41.6 Å². The first-order valence-corrected chi connectivity index (χ1v) is 33.7. The standard InChI is InChI=1S/C23H28N8O.C17H18N7O.C12H10ClOP.C6H11N.ClH3P2.ClH.Na.H2O/c1-5-30-17(23(32)31(14-6-7-14)15-8-9-15)11-16-20-19(24-12-28(20)3)21(26-22(16)30)25-18-10-13(2)29(4)27-18;1-5-24-11(8-25)7-12-15-14(18-9-22(15)3)16(20-17(12)24)19-13-6-10(2)23(4)21-13;13-15(14,11-7-3-1-4-8-11)12-9-5-2-6-10-12;1-2-5(1)7-6-3-4-6;1-3-2;;;/h10-12,14-15H,5-9H2,1-4H3,(H,25,26,27);6-7,9H,5H2,1-4H3,(H,19,20,21);1-10H;5-7H,1-4H2;3H,2H2;1H;;1H2/q;-1;;;;;+1;/p-1/i;;;;3D;;;. The van der Waals surface area contributed by atoms with Crippen LogP contribution in [-0.2, 0) is 50.6 Å². The Balaban J connectivity index is 0.000000173. The summed E-state index contributed by atoms with van der Waals surface area (Å²) in [6.07, 6.45) is 15.8. The summed E-state index contributed by atoms with van der Waals surface area (Å²) in [7, 11) is 8.89. The van der Waals surface area contributed by atoms with E-state index in [0.717, 1.165) is 105 Å². The monoisotopic (exact) mass is 1280 g/mol. The molecule has 446 valence electrons. The van der Waals surface area contributed by atoms with E-state index in [1.165, 1.54) is 25.7 Å². The number of hydrogen-bond donors (Lipinski definition) is 3. The molecule has 0 aliphatic heterocycles. The zero-order valence-electron chi connectivity index (χ0n) is 50.2. The van der Waals surface area contributed by atoms with Crippen LogP contribution in [0.3, 0.4) is 0 Å². The van der Waals surface area contributed by atoms with Gasteiger partial charge in [-0.2, -0.15) is 16.3 Å². The van der Waals surface area contributed by atoms with Crippen molar-refractivity contribution in [2.75, 3.05) is 10.6 Å². The zero-order chi connectivity index (χ0) is 58.9. The van der Waals surface area contributed by atoms with Crippen LogP contribution in [0.4, 0.5) is 23.3 Å². The number of anilines is 4. The van der Waals surface area contributed by atoms with E-state index in [1.807, 2.05) is 134 Å². The topological polar surface area (TPSA) is 227 Å². The quantitative estimate of drug-likeness (QED) is 0.0527. The van der Waals surface area contributed by atoms with E-state index < -0.39 is 14.1 Å². The molecule has 0 spiro atoms. The van der Waals surface area contributed by atoms with Crippen molar-refractivity contribution >= 4 is 148 Å². The largest absolute Gasteiger partial charge is 1.00 e. The van der Waals surface area contributed by atoms with E-state index in [0.29, 0.717) is 58.9 Å². The predicted octanol–water partition coefficient (Wildman–Crippen LogP) is 8.59. The third-order valence-corrected chi connectivity index (χ3v) is 18.1. The number of pyridine rings is 2. The molecule has 4 aliphatic rings. The third-order valence-electron chi connectivity index (χ3n) is 15.0. The van der Waals surface area contributed by atoms with Gasteiger partial charge in [-0.3, -0.25) is 18.7 Å². The fourth-order valence-corrected chi connectivity index (χ4v) is 12.2. The Labute approximate surface area is 538 Å². The second kappa shape index (κ2) is 29.2. The van der Waals surface area contributed by atoms with Gasteiger partial charge in [0.05, 0.1) is 25.0 Å². The van der Waals surface area contributed by atoms with Gasteiger partial charge in [0.1, 0.15) is 28.0 Å². The fraction of sp³-hybridized carbons (Fsp3) is 0.379. The summed E-state index contributed by atoms with van der Waals surface area (Å²) in [6, 6.07) is 28.8. The van der Waals surface area contributed by atoms with Crippen molar-refractivity contribution in [3.8, 4) is 0 Å². The average Bonchev–Trinajstić information content (AvgIpc) is 1.79. The van der Waals surface area contributed by atoms with Crippen LogP contribution in [0.25, 0.3) is 44.1 Å². The molecule has 4 saturated carbocycles. The molecule has 2 aromatic carbocycles. The summed E-state index contributed by atoms with van der Waals surface area (Å²) in [6.45, 7) is 6.42. The van der Waals surface area contributed by atoms with Gasteiger partial charge in [0.25, 0.3) is 5.91 Å². The van der Waals surface area contributed by atoms with Crippen molar-refractivity contribution in [1.82, 2.24) is 68.0 Å². The third kappa shape index (κ3) is 15.2. The SMILES string of the molecule is C1CC1NC1CC1.CCn1c(C(=O)N(C2CC2)C2CC2)cc2c3c(ncn3C)c(Nc3cc(C)n(C)n3)nc21.CCn1c([C-]=O)cc2c3c(ncn3C)c(Nc3cc(C)n(C)n3)nc21.Cl.O=P(Cl)(c1ccccc1)c1ccccc1.[2H]P(P)Cl.[Na+].[OH-]. The number of fused-ring (bicyclic) bond motifs is 6. The van der Waals surface area contributed by atoms with E-state index in [2.05, 4.69) is 61.4 Å². The number of hydrogen-bond acceptors (Lipinski definition) is 13. The van der Waals surface area contributed by atoms with E-state index in [9.17, 15) is 14.2 Å². The number of nitrogens with zero attached hydrogens (tertiary/aromatic N) is 13. The first-order chi connectivity index (χ1) is 39.9. The molecule has 1 amide bonds. The van der Waals surface area contributed by atoms with Gasteiger partial charge in [-0.25, -0.2) is 19.9 Å². The number of benzene rings is 2. The molecule has 0 radical (unpaired) electrons. The number of rotatable bonds is 14. The van der Waals surface area contributed by atoms with E-state index >= 15 is 0 Å². The van der Waals surface area contributed by atoms with Gasteiger partial charge in [0.15, 0.2) is 23.3 Å². The number of halogens is 3. The Hall–Kier alpha value is -5.20. The van der Waals surface area contributed by atoms with Crippen LogP contribution in [0, 0.1) is 13.8 Å². The maximum absolute atomic E-state index is 13.7. The summed E-state index contributed by atoms with van der Waals surface area (Å²) < 4.78 is 30.2. The predicted molar refractivity (Wildman–Crippen MR) is 347 cm³/mol. The Morgan fingerprint density at radius 3 is 1.51 bits per heavy atom. The summed E-state index contributed by atoms with van der Waals surface area (Å²) in [5.41, 5.74) is 8.23. The van der Waals surface area contributed by atoms with Crippen molar-refractivity contribution < 1.29 is 49.2 Å². The summed E-state index contributed by atoms with van der Waals surface area (Å²) in [5, 5.41) is 22.3. The normalized spacial score (nSPS) is 14.8. The number of aromatic nitrogens is 12. The minimum absolute atomic E-state index is 0. The molecule has 8 aromatic heterocycles. The molecule has 10 aromatic rings. The molecule has 4 aliphatic carbocycles. The number of imidazole rings is 2. The molecule has 0 bridgehead atoms. The maximum atomic E-state index is 13.7. The molecule has 2 atom stereocenters. The van der Waals surface area contributed by atoms with E-state index in [4.69, 9.17) is 33.7 Å². The molecule has 85 heavy (non-hydrogen) atoms. The Kier molecular flexibility index (Phi) is 22.6. The van der Waals surface area contributed by atoms with Crippen molar-refractivity contribution in [2.45, 2.75) is 116 Å². The Morgan fingerprint density at radius 1 is 0.729 bits per heavy atom. The summed E-state index contributed by atoms with van der Waals surface area (Å²) >= 11 is 11.1. The molecule has 8 heterocycles. The number of carbonyl (C=O) groups is 1. The second-order valence-electron chi connectivity index (χ2n) is 21.2. The van der Waals surface area contributed by atoms with Gasteiger partial charge in [-0.05, 0) is 109 Å². The molecule has 2 unspecified atom stereocenters. The molecule has 27 heteroatoms. The van der Waals surface area contributed by atoms with Gasteiger partial charge >= 0.3 is 29.6 Å². The van der Waals surface area contributed by atoms with Gasteiger partial charge in [0, 0.05) is 111 Å². The van der Waals surface area contributed by atoms with Crippen LogP contribution in [0.15, 0.2) is 97.6 Å². The molecule has 4 N–H and O–H groups in total. The van der Waals surface area contributed by atoms with Crippen LogP contribution >= 0.6 is 57.9 Å². The Bertz CT molecular complexity index is 3900. The summed E-state index contributed by atoms with van der Waals surface area (Å²) in [5.74, 6) is 2.84. The minimum atomic E-state index is -2.93. The van der Waals surface area contributed by atoms with Crippen molar-refractivity contribution in [3.05, 3.63) is 120 Å². The zero-order valence-corrected chi connectivity index (χ0v) is 56.5. The van der Waals surface area contributed by atoms with Gasteiger partial charge < -0.3 is 49.4 Å². The first-order valence-electron chi connectivity index (χ1n) is 28.1. The van der Waals surface area contributed by atoms with Crippen LogP contribution in [0.2, 0.25) is 0 Å². The molecular weight excluding hydrogens is 1210 g/mol. The number of amides is 1. The maximum Gasteiger partial charge on any atom is 1.00 e. The average molecular weight is 1280 g/mol. The van der Waals surface area contributed by atoms with Crippen molar-refractivity contribution in [1.29, 1.82) is 1.28 Å². The number of aryl methyl sites for hydroxylation is 8. The first kappa shape index (κ1) is 65.8. The van der Waals surface area contributed by atoms with E-state index in [-0.39, 0.29) is 53.3 Å². The molecule has 14 rings (SSSR count). The number of carbonyl (C=O) groups excluding carboxylic acids is 2. The number of nitrogens with one attached hydrogen (secondary N) is 3. The van der Waals surface area contributed by atoms with Crippen molar-refractivity contribution in [3.63, 3.8) is 0 Å². The molecular formula is C58H72Cl3N16NaO4P3-. The minimum Gasteiger partial charge on any atom is -0.870 e.